The number of nitrogens with one attached hydrogen (secondary N) is 1. The number of hydrogen-bond donors (Lipinski definition) is 1. The van der Waals surface area contributed by atoms with Gasteiger partial charge in [-0.1, -0.05) is 30.3 Å². The third-order valence-corrected chi connectivity index (χ3v) is 6.32. The number of thiazole rings is 1. The molecular weight excluding hydrogens is 431 g/mol. The molecular formula is C27H19FN4S. The van der Waals surface area contributed by atoms with E-state index in [1.165, 1.54) is 6.07 Å². The van der Waals surface area contributed by atoms with Gasteiger partial charge in [0.25, 0.3) is 0 Å². The Labute approximate surface area is 195 Å². The molecule has 0 aliphatic rings. The van der Waals surface area contributed by atoms with E-state index in [9.17, 15) is 4.39 Å². The average Bonchev–Trinajstić information content (AvgIpc) is 3.33. The third-order valence-electron chi connectivity index (χ3n) is 5.52. The molecule has 1 N–H and O–H groups in total. The van der Waals surface area contributed by atoms with E-state index in [2.05, 4.69) is 27.3 Å². The highest BCUT2D eigenvalue weighted by Gasteiger charge is 2.13. The number of nitrogens with zero attached hydrogens (tertiary/aromatic N) is 3. The molecule has 0 aliphatic heterocycles. The van der Waals surface area contributed by atoms with Crippen molar-refractivity contribution in [3.8, 4) is 22.4 Å². The van der Waals surface area contributed by atoms with Crippen molar-refractivity contribution in [1.29, 1.82) is 0 Å². The minimum atomic E-state index is -0.228. The van der Waals surface area contributed by atoms with Crippen molar-refractivity contribution in [3.63, 3.8) is 0 Å². The molecule has 6 heteroatoms. The fourth-order valence-corrected chi connectivity index (χ4v) is 4.43. The molecule has 5 aromatic rings. The fraction of sp³-hybridized carbons (Fsp3) is 0.0741. The van der Waals surface area contributed by atoms with Gasteiger partial charge in [-0.05, 0) is 60.0 Å². The number of halogens is 1. The maximum absolute atomic E-state index is 13.9. The highest BCUT2D eigenvalue weighted by molar-refractivity contribution is 7.16. The zero-order valence-corrected chi connectivity index (χ0v) is 18.7. The first-order chi connectivity index (χ1) is 16.1. The molecule has 0 radical (unpaired) electrons. The van der Waals surface area contributed by atoms with E-state index >= 15 is 0 Å². The van der Waals surface area contributed by atoms with Crippen LogP contribution in [0, 0.1) is 19.3 Å². The summed E-state index contributed by atoms with van der Waals surface area (Å²) in [6.07, 6.45) is 1.80. The van der Waals surface area contributed by atoms with E-state index < -0.39 is 0 Å². The summed E-state index contributed by atoms with van der Waals surface area (Å²) < 4.78 is 15.0. The Morgan fingerprint density at radius 2 is 1.79 bits per heavy atom. The highest BCUT2D eigenvalue weighted by Crippen LogP contribution is 2.35. The van der Waals surface area contributed by atoms with Crippen molar-refractivity contribution in [2.75, 3.05) is 5.32 Å². The number of fused-ring (bicyclic) bond motifs is 1. The molecule has 0 saturated carbocycles. The molecule has 0 aliphatic carbocycles. The van der Waals surface area contributed by atoms with Gasteiger partial charge in [-0.2, -0.15) is 0 Å². The quantitative estimate of drug-likeness (QED) is 0.280. The monoisotopic (exact) mass is 450 g/mol. The Morgan fingerprint density at radius 3 is 2.58 bits per heavy atom. The van der Waals surface area contributed by atoms with Gasteiger partial charge in [-0.3, -0.25) is 4.98 Å². The third kappa shape index (κ3) is 4.32. The van der Waals surface area contributed by atoms with E-state index in [0.717, 1.165) is 43.9 Å². The van der Waals surface area contributed by atoms with Crippen molar-refractivity contribution in [2.45, 2.75) is 13.5 Å². The van der Waals surface area contributed by atoms with Crippen molar-refractivity contribution >= 4 is 32.9 Å². The number of hydrogen-bond acceptors (Lipinski definition) is 4. The molecule has 5 rings (SSSR count). The average molecular weight is 451 g/mol. The molecule has 0 amide bonds. The minimum Gasteiger partial charge on any atom is -0.380 e. The van der Waals surface area contributed by atoms with Crippen LogP contribution in [-0.4, -0.2) is 9.97 Å². The van der Waals surface area contributed by atoms with Crippen LogP contribution in [0.15, 0.2) is 78.4 Å². The zero-order valence-electron chi connectivity index (χ0n) is 17.8. The first-order valence-corrected chi connectivity index (χ1v) is 11.3. The summed E-state index contributed by atoms with van der Waals surface area (Å²) in [6, 6.07) is 20.9. The van der Waals surface area contributed by atoms with Crippen LogP contribution >= 0.6 is 11.3 Å². The molecule has 33 heavy (non-hydrogen) atoms. The smallest absolute Gasteiger partial charge is 0.187 e. The lowest BCUT2D eigenvalue weighted by Gasteiger charge is -2.14. The van der Waals surface area contributed by atoms with E-state index in [-0.39, 0.29) is 5.82 Å². The van der Waals surface area contributed by atoms with E-state index in [4.69, 9.17) is 11.6 Å². The lowest BCUT2D eigenvalue weighted by molar-refractivity contribution is 0.619. The van der Waals surface area contributed by atoms with Gasteiger partial charge in [0.05, 0.1) is 39.9 Å². The molecule has 0 saturated heterocycles. The van der Waals surface area contributed by atoms with E-state index in [1.54, 1.807) is 30.5 Å². The van der Waals surface area contributed by atoms with Crippen LogP contribution in [0.2, 0.25) is 0 Å². The van der Waals surface area contributed by atoms with Gasteiger partial charge in [0.15, 0.2) is 5.69 Å². The van der Waals surface area contributed by atoms with Crippen molar-refractivity contribution in [2.24, 2.45) is 0 Å². The van der Waals surface area contributed by atoms with Gasteiger partial charge in [0.1, 0.15) is 5.82 Å². The normalized spacial score (nSPS) is 10.8. The number of pyridine rings is 1. The lowest BCUT2D eigenvalue weighted by atomic mass is 9.97. The Hall–Kier alpha value is -4.08. The molecule has 2 aromatic heterocycles. The largest absolute Gasteiger partial charge is 0.380 e. The second-order valence-electron chi connectivity index (χ2n) is 7.75. The summed E-state index contributed by atoms with van der Waals surface area (Å²) in [7, 11) is 0. The second kappa shape index (κ2) is 8.81. The van der Waals surface area contributed by atoms with Gasteiger partial charge < -0.3 is 5.32 Å². The lowest BCUT2D eigenvalue weighted by Crippen LogP contribution is -2.01. The Bertz CT molecular complexity index is 1500. The summed E-state index contributed by atoms with van der Waals surface area (Å²) in [4.78, 5) is 12.6. The van der Waals surface area contributed by atoms with Gasteiger partial charge in [-0.15, -0.1) is 11.3 Å². The summed E-state index contributed by atoms with van der Waals surface area (Å²) in [5.41, 5.74) is 9.64. The summed E-state index contributed by atoms with van der Waals surface area (Å²) in [6.45, 7) is 9.46. The minimum absolute atomic E-state index is 0.228. The second-order valence-corrected chi connectivity index (χ2v) is 8.64. The number of benzene rings is 3. The van der Waals surface area contributed by atoms with Crippen LogP contribution in [0.4, 0.5) is 15.8 Å². The van der Waals surface area contributed by atoms with E-state index in [0.29, 0.717) is 17.8 Å². The molecule has 2 heterocycles. The topological polar surface area (TPSA) is 42.2 Å². The van der Waals surface area contributed by atoms with Gasteiger partial charge >= 0.3 is 0 Å². The summed E-state index contributed by atoms with van der Waals surface area (Å²) in [5, 5.41) is 3.43. The van der Waals surface area contributed by atoms with Crippen LogP contribution < -0.4 is 5.32 Å². The SMILES string of the molecule is [C-]#[N+]c1ccc(CNc2cnc(-c3ccc(F)c(C)c3)c(-c3ccc4ncsc4c3)c2)cc1. The highest BCUT2D eigenvalue weighted by atomic mass is 32.1. The van der Waals surface area contributed by atoms with Gasteiger partial charge in [0.2, 0.25) is 0 Å². The number of aromatic nitrogens is 2. The fourth-order valence-electron chi connectivity index (χ4n) is 3.72. The van der Waals surface area contributed by atoms with Gasteiger partial charge in [0, 0.05) is 17.7 Å². The molecule has 0 unspecified atom stereocenters. The molecule has 4 nitrogen and oxygen atoms in total. The molecule has 3 aromatic carbocycles. The zero-order chi connectivity index (χ0) is 22.8. The first kappa shape index (κ1) is 20.8. The van der Waals surface area contributed by atoms with Crippen LogP contribution in [0.5, 0.6) is 0 Å². The van der Waals surface area contributed by atoms with Crippen LogP contribution in [0.25, 0.3) is 37.4 Å². The van der Waals surface area contributed by atoms with Crippen molar-refractivity contribution in [1.82, 2.24) is 9.97 Å². The van der Waals surface area contributed by atoms with Crippen molar-refractivity contribution < 1.29 is 4.39 Å². The maximum Gasteiger partial charge on any atom is 0.187 e. The first-order valence-electron chi connectivity index (χ1n) is 10.4. The number of rotatable bonds is 5. The predicted molar refractivity (Wildman–Crippen MR) is 133 cm³/mol. The van der Waals surface area contributed by atoms with Gasteiger partial charge in [-0.25, -0.2) is 14.2 Å². The molecule has 0 fully saturated rings. The molecule has 0 spiro atoms. The molecule has 0 atom stereocenters. The van der Waals surface area contributed by atoms with Crippen LogP contribution in [0.3, 0.4) is 0 Å². The predicted octanol–water partition coefficient (Wildman–Crippen LogP) is 7.64. The Morgan fingerprint density at radius 1 is 0.970 bits per heavy atom. The van der Waals surface area contributed by atoms with Crippen molar-refractivity contribution in [3.05, 3.63) is 107 Å². The number of anilines is 1. The summed E-state index contributed by atoms with van der Waals surface area (Å²) in [5.74, 6) is -0.228. The Kier molecular flexibility index (Phi) is 5.55. The summed E-state index contributed by atoms with van der Waals surface area (Å²) >= 11 is 1.60. The Balaban J connectivity index is 1.54. The van der Waals surface area contributed by atoms with Crippen LogP contribution in [0.1, 0.15) is 11.1 Å². The number of aryl methyl sites for hydroxylation is 1. The molecule has 0 bridgehead atoms. The standard InChI is InChI=1S/C27H19FN4S/c1-17-11-20(5-9-24(17)28)27-23(19-6-10-25-26(12-19)33-16-32-25)13-22(15-31-27)30-14-18-3-7-21(29-2)8-4-18/h3-13,15-16,30H,14H2,1H3. The van der Waals surface area contributed by atoms with E-state index in [1.807, 2.05) is 48.0 Å². The molecule has 160 valence electrons. The van der Waals surface area contributed by atoms with Crippen LogP contribution in [-0.2, 0) is 6.54 Å². The maximum atomic E-state index is 13.9.